The number of aromatic nitrogens is 2. The van der Waals surface area contributed by atoms with Gasteiger partial charge in [0.05, 0.1) is 15.9 Å². The van der Waals surface area contributed by atoms with Gasteiger partial charge in [0.15, 0.2) is 0 Å². The van der Waals surface area contributed by atoms with Gasteiger partial charge in [-0.25, -0.2) is 4.98 Å². The van der Waals surface area contributed by atoms with Gasteiger partial charge in [0.25, 0.3) is 5.56 Å². The molecule has 0 aliphatic carbocycles. The SMILES string of the molecule is C=C(NCc1cccc2c(=O)n(C)c(N3CCCCC3)nc12)/C(=C\C(Cl)=C/N)CC. The van der Waals surface area contributed by atoms with E-state index in [1.165, 1.54) is 12.6 Å². The number of hydrogen-bond acceptors (Lipinski definition) is 5. The van der Waals surface area contributed by atoms with Crippen LogP contribution in [0.2, 0.25) is 0 Å². The monoisotopic (exact) mass is 427 g/mol. The van der Waals surface area contributed by atoms with E-state index in [1.54, 1.807) is 11.6 Å². The first kappa shape index (κ1) is 22.0. The van der Waals surface area contributed by atoms with Crippen LogP contribution in [0.4, 0.5) is 5.95 Å². The van der Waals surface area contributed by atoms with Crippen LogP contribution in [0.15, 0.2) is 58.2 Å². The molecule has 7 heteroatoms. The predicted octanol–water partition coefficient (Wildman–Crippen LogP) is 3.90. The largest absolute Gasteiger partial charge is 0.403 e. The molecule has 160 valence electrons. The second-order valence-corrected chi connectivity index (χ2v) is 7.98. The zero-order valence-corrected chi connectivity index (χ0v) is 18.5. The number of benzene rings is 1. The highest BCUT2D eigenvalue weighted by atomic mass is 35.5. The molecule has 1 saturated heterocycles. The molecule has 2 heterocycles. The van der Waals surface area contributed by atoms with Crippen LogP contribution in [-0.2, 0) is 13.6 Å². The van der Waals surface area contributed by atoms with Gasteiger partial charge in [0, 0.05) is 38.6 Å². The topological polar surface area (TPSA) is 76.2 Å². The molecule has 1 aliphatic rings. The minimum absolute atomic E-state index is 0.0183. The second-order valence-electron chi connectivity index (χ2n) is 7.54. The Bertz CT molecular complexity index is 1050. The minimum atomic E-state index is -0.0183. The van der Waals surface area contributed by atoms with Crippen molar-refractivity contribution in [1.29, 1.82) is 0 Å². The third kappa shape index (κ3) is 4.70. The highest BCUT2D eigenvalue weighted by Gasteiger charge is 2.18. The van der Waals surface area contributed by atoms with Gasteiger partial charge in [-0.15, -0.1) is 0 Å². The van der Waals surface area contributed by atoms with Gasteiger partial charge < -0.3 is 16.0 Å². The predicted molar refractivity (Wildman–Crippen MR) is 126 cm³/mol. The third-order valence-corrected chi connectivity index (χ3v) is 5.77. The van der Waals surface area contributed by atoms with Crippen LogP contribution < -0.4 is 21.5 Å². The van der Waals surface area contributed by atoms with Crippen LogP contribution in [0.1, 0.15) is 38.2 Å². The molecule has 1 aromatic carbocycles. The van der Waals surface area contributed by atoms with Gasteiger partial charge in [-0.3, -0.25) is 9.36 Å². The number of rotatable bonds is 7. The molecule has 0 unspecified atom stereocenters. The maximum Gasteiger partial charge on any atom is 0.262 e. The van der Waals surface area contributed by atoms with Gasteiger partial charge in [0.2, 0.25) is 5.95 Å². The average Bonchev–Trinajstić information content (AvgIpc) is 2.78. The first-order valence-electron chi connectivity index (χ1n) is 10.4. The number of halogens is 1. The lowest BCUT2D eigenvalue weighted by molar-refractivity contribution is 0.558. The van der Waals surface area contributed by atoms with Crippen molar-refractivity contribution in [3.05, 3.63) is 69.3 Å². The van der Waals surface area contributed by atoms with Gasteiger partial charge in [-0.1, -0.05) is 37.2 Å². The molecule has 1 aromatic heterocycles. The number of anilines is 1. The minimum Gasteiger partial charge on any atom is -0.403 e. The fraction of sp³-hybridized carbons (Fsp3) is 0.391. The molecule has 0 saturated carbocycles. The summed E-state index contributed by atoms with van der Waals surface area (Å²) in [6.07, 6.45) is 7.42. The Kier molecular flexibility index (Phi) is 7.21. The molecular weight excluding hydrogens is 398 g/mol. The van der Waals surface area contributed by atoms with Crippen LogP contribution in [0, 0.1) is 0 Å². The van der Waals surface area contributed by atoms with E-state index in [0.717, 1.165) is 60.7 Å². The fourth-order valence-corrected chi connectivity index (χ4v) is 3.93. The Morgan fingerprint density at radius 2 is 2.07 bits per heavy atom. The number of para-hydroxylation sites is 1. The average molecular weight is 428 g/mol. The van der Waals surface area contributed by atoms with Crippen molar-refractivity contribution in [1.82, 2.24) is 14.9 Å². The van der Waals surface area contributed by atoms with E-state index < -0.39 is 0 Å². The van der Waals surface area contributed by atoms with E-state index in [-0.39, 0.29) is 5.56 Å². The highest BCUT2D eigenvalue weighted by Crippen LogP contribution is 2.22. The zero-order valence-electron chi connectivity index (χ0n) is 17.7. The zero-order chi connectivity index (χ0) is 21.7. The summed E-state index contributed by atoms with van der Waals surface area (Å²) >= 11 is 6.04. The summed E-state index contributed by atoms with van der Waals surface area (Å²) in [6.45, 7) is 8.54. The molecule has 3 N–H and O–H groups in total. The van der Waals surface area contributed by atoms with Crippen LogP contribution in [0.5, 0.6) is 0 Å². The normalized spacial score (nSPS) is 15.5. The fourth-order valence-electron chi connectivity index (χ4n) is 3.79. The first-order chi connectivity index (χ1) is 14.5. The molecule has 0 amide bonds. The molecule has 1 aliphatic heterocycles. The van der Waals surface area contributed by atoms with Crippen LogP contribution in [0.3, 0.4) is 0 Å². The van der Waals surface area contributed by atoms with E-state index in [0.29, 0.717) is 17.0 Å². The summed E-state index contributed by atoms with van der Waals surface area (Å²) in [6, 6.07) is 5.74. The standard InChI is InChI=1S/C23H30ClN5O/c1-4-17(13-19(24)14-25)16(2)26-15-18-9-8-10-20-21(18)27-23(28(3)22(20)30)29-11-6-5-7-12-29/h8-10,13-14,26H,2,4-7,11-12,15,25H2,1,3H3/b17-13-,19-14+. The first-order valence-corrected chi connectivity index (χ1v) is 10.8. The lowest BCUT2D eigenvalue weighted by Gasteiger charge is -2.29. The van der Waals surface area contributed by atoms with E-state index in [9.17, 15) is 4.79 Å². The molecule has 0 atom stereocenters. The van der Waals surface area contributed by atoms with Crippen LogP contribution >= 0.6 is 11.6 Å². The lowest BCUT2D eigenvalue weighted by Crippen LogP contribution is -2.35. The number of allylic oxidation sites excluding steroid dienone is 3. The van der Waals surface area contributed by atoms with E-state index in [1.807, 2.05) is 31.2 Å². The number of nitrogens with zero attached hydrogens (tertiary/aromatic N) is 3. The van der Waals surface area contributed by atoms with Crippen LogP contribution in [0.25, 0.3) is 10.9 Å². The van der Waals surface area contributed by atoms with E-state index >= 15 is 0 Å². The summed E-state index contributed by atoms with van der Waals surface area (Å²) in [5.41, 5.74) is 8.90. The molecule has 30 heavy (non-hydrogen) atoms. The maximum atomic E-state index is 13.0. The Balaban J connectivity index is 1.92. The molecule has 1 fully saturated rings. The van der Waals surface area contributed by atoms with Crippen molar-refractivity contribution in [2.45, 2.75) is 39.2 Å². The van der Waals surface area contributed by atoms with Gasteiger partial charge in [0.1, 0.15) is 0 Å². The molecule has 0 radical (unpaired) electrons. The Morgan fingerprint density at radius 3 is 2.73 bits per heavy atom. The molecule has 0 spiro atoms. The van der Waals surface area contributed by atoms with E-state index in [4.69, 9.17) is 22.3 Å². The quantitative estimate of drug-likeness (QED) is 0.655. The third-order valence-electron chi connectivity index (χ3n) is 5.54. The number of nitrogens with one attached hydrogen (secondary N) is 1. The summed E-state index contributed by atoms with van der Waals surface area (Å²) in [7, 11) is 1.80. The summed E-state index contributed by atoms with van der Waals surface area (Å²) in [4.78, 5) is 20.1. The van der Waals surface area contributed by atoms with Crippen molar-refractivity contribution in [3.63, 3.8) is 0 Å². The second kappa shape index (κ2) is 9.85. The van der Waals surface area contributed by atoms with Crippen molar-refractivity contribution in [3.8, 4) is 0 Å². The summed E-state index contributed by atoms with van der Waals surface area (Å²) in [5.74, 6) is 0.743. The van der Waals surface area contributed by atoms with Crippen molar-refractivity contribution in [2.24, 2.45) is 12.8 Å². The number of nitrogens with two attached hydrogens (primary N) is 1. The molecule has 6 nitrogen and oxygen atoms in total. The summed E-state index contributed by atoms with van der Waals surface area (Å²) in [5, 5.41) is 4.45. The molecule has 0 bridgehead atoms. The molecule has 3 rings (SSSR count). The lowest BCUT2D eigenvalue weighted by atomic mass is 10.1. The number of hydrogen-bond donors (Lipinski definition) is 2. The number of fused-ring (bicyclic) bond motifs is 1. The van der Waals surface area contributed by atoms with Crippen molar-refractivity contribution < 1.29 is 0 Å². The van der Waals surface area contributed by atoms with Gasteiger partial charge in [-0.2, -0.15) is 0 Å². The molecule has 2 aromatic rings. The Morgan fingerprint density at radius 1 is 1.33 bits per heavy atom. The number of piperidine rings is 1. The van der Waals surface area contributed by atoms with Gasteiger partial charge in [-0.05, 0) is 49.0 Å². The Hall–Kier alpha value is -2.73. The van der Waals surface area contributed by atoms with Gasteiger partial charge >= 0.3 is 0 Å². The molecular formula is C23H30ClN5O. The smallest absolute Gasteiger partial charge is 0.262 e. The van der Waals surface area contributed by atoms with E-state index in [2.05, 4.69) is 16.8 Å². The highest BCUT2D eigenvalue weighted by molar-refractivity contribution is 6.31. The van der Waals surface area contributed by atoms with Crippen molar-refractivity contribution >= 4 is 28.5 Å². The van der Waals surface area contributed by atoms with Crippen LogP contribution in [-0.4, -0.2) is 22.6 Å². The maximum absolute atomic E-state index is 13.0. The van der Waals surface area contributed by atoms with Crippen molar-refractivity contribution in [2.75, 3.05) is 18.0 Å². The summed E-state index contributed by atoms with van der Waals surface area (Å²) < 4.78 is 1.67. The Labute approximate surface area is 182 Å².